The van der Waals surface area contributed by atoms with Crippen molar-refractivity contribution in [1.29, 1.82) is 0 Å². The standard InChI is InChI=1S/C18H27N3O2/c1-15(20-8-2-3-9-20)16-4-12-21(13-5-16)18(23)14-19-10-6-17(22)7-11-19/h6-7,10-11,15-16H,2-5,8-9,12-14H2,1H3. The highest BCUT2D eigenvalue weighted by atomic mass is 16.2. The number of nitrogens with zero attached hydrogens (tertiary/aromatic N) is 3. The molecule has 126 valence electrons. The number of piperidine rings is 1. The molecule has 0 radical (unpaired) electrons. The molecule has 2 fully saturated rings. The number of hydrogen-bond acceptors (Lipinski definition) is 3. The number of carbonyl (C=O) groups excluding carboxylic acids is 1. The molecule has 0 aliphatic carbocycles. The molecule has 2 saturated heterocycles. The monoisotopic (exact) mass is 317 g/mol. The van der Waals surface area contributed by atoms with Crippen LogP contribution in [0.1, 0.15) is 32.6 Å². The zero-order chi connectivity index (χ0) is 16.2. The first kappa shape index (κ1) is 16.2. The third kappa shape index (κ3) is 4.02. The van der Waals surface area contributed by atoms with Gasteiger partial charge >= 0.3 is 0 Å². The van der Waals surface area contributed by atoms with Crippen LogP contribution in [0.4, 0.5) is 0 Å². The van der Waals surface area contributed by atoms with Crippen LogP contribution in [0.3, 0.4) is 0 Å². The van der Waals surface area contributed by atoms with E-state index in [9.17, 15) is 9.59 Å². The maximum Gasteiger partial charge on any atom is 0.242 e. The van der Waals surface area contributed by atoms with Crippen molar-refractivity contribution in [2.75, 3.05) is 26.2 Å². The van der Waals surface area contributed by atoms with Gasteiger partial charge in [0, 0.05) is 43.7 Å². The van der Waals surface area contributed by atoms with Crippen LogP contribution in [0.25, 0.3) is 0 Å². The number of carbonyl (C=O) groups is 1. The Bertz CT molecular complexity index is 564. The van der Waals surface area contributed by atoms with Crippen molar-refractivity contribution in [3.63, 3.8) is 0 Å². The topological polar surface area (TPSA) is 45.6 Å². The van der Waals surface area contributed by atoms with Crippen molar-refractivity contribution >= 4 is 5.91 Å². The molecule has 0 saturated carbocycles. The molecule has 23 heavy (non-hydrogen) atoms. The summed E-state index contributed by atoms with van der Waals surface area (Å²) in [5, 5.41) is 0. The summed E-state index contributed by atoms with van der Waals surface area (Å²) < 4.78 is 1.78. The SMILES string of the molecule is CC(C1CCN(C(=O)Cn2ccc(=O)cc2)CC1)N1CCCC1. The third-order valence-corrected chi connectivity index (χ3v) is 5.47. The van der Waals surface area contributed by atoms with Crippen LogP contribution in [-0.2, 0) is 11.3 Å². The van der Waals surface area contributed by atoms with Crippen molar-refractivity contribution < 1.29 is 4.79 Å². The van der Waals surface area contributed by atoms with Crippen LogP contribution in [-0.4, -0.2) is 52.5 Å². The minimum Gasteiger partial charge on any atom is -0.345 e. The van der Waals surface area contributed by atoms with Gasteiger partial charge in [-0.05, 0) is 51.6 Å². The van der Waals surface area contributed by atoms with Crippen molar-refractivity contribution in [1.82, 2.24) is 14.4 Å². The fourth-order valence-corrected chi connectivity index (χ4v) is 3.88. The number of aromatic nitrogens is 1. The van der Waals surface area contributed by atoms with Crippen LogP contribution >= 0.6 is 0 Å². The average molecular weight is 317 g/mol. The van der Waals surface area contributed by atoms with Crippen molar-refractivity contribution in [2.24, 2.45) is 5.92 Å². The van der Waals surface area contributed by atoms with E-state index in [0.717, 1.165) is 25.9 Å². The molecule has 5 nitrogen and oxygen atoms in total. The molecule has 2 aliphatic rings. The van der Waals surface area contributed by atoms with E-state index in [-0.39, 0.29) is 11.3 Å². The van der Waals surface area contributed by atoms with Gasteiger partial charge in [0.25, 0.3) is 0 Å². The summed E-state index contributed by atoms with van der Waals surface area (Å²) in [5.41, 5.74) is -0.0228. The fourth-order valence-electron chi connectivity index (χ4n) is 3.88. The highest BCUT2D eigenvalue weighted by Gasteiger charge is 2.30. The van der Waals surface area contributed by atoms with Crippen molar-refractivity contribution in [3.8, 4) is 0 Å². The minimum absolute atomic E-state index is 0.0228. The van der Waals surface area contributed by atoms with E-state index in [0.29, 0.717) is 18.5 Å². The molecular formula is C18H27N3O2. The minimum atomic E-state index is -0.0228. The molecule has 1 amide bonds. The zero-order valence-corrected chi connectivity index (χ0v) is 14.0. The van der Waals surface area contributed by atoms with Gasteiger partial charge in [0.15, 0.2) is 5.43 Å². The highest BCUT2D eigenvalue weighted by molar-refractivity contribution is 5.76. The molecule has 3 heterocycles. The lowest BCUT2D eigenvalue weighted by Crippen LogP contribution is -2.45. The Kier molecular flexibility index (Phi) is 5.16. The molecule has 1 unspecified atom stereocenters. The normalized spacial score (nSPS) is 21.5. The first-order chi connectivity index (χ1) is 11.1. The van der Waals surface area contributed by atoms with Gasteiger partial charge in [0.05, 0.1) is 0 Å². The summed E-state index contributed by atoms with van der Waals surface area (Å²) in [4.78, 5) is 28.1. The first-order valence-electron chi connectivity index (χ1n) is 8.81. The predicted molar refractivity (Wildman–Crippen MR) is 90.3 cm³/mol. The van der Waals surface area contributed by atoms with Gasteiger partial charge in [-0.3, -0.25) is 9.59 Å². The molecule has 3 rings (SSSR count). The number of likely N-dealkylation sites (tertiary alicyclic amines) is 2. The van der Waals surface area contributed by atoms with Gasteiger partial charge in [-0.1, -0.05) is 0 Å². The van der Waals surface area contributed by atoms with E-state index >= 15 is 0 Å². The van der Waals surface area contributed by atoms with E-state index in [2.05, 4.69) is 11.8 Å². The molecule has 1 atom stereocenters. The summed E-state index contributed by atoms with van der Waals surface area (Å²) in [6.45, 7) is 6.89. The van der Waals surface area contributed by atoms with Crippen LogP contribution in [0.15, 0.2) is 29.3 Å². The van der Waals surface area contributed by atoms with E-state index in [1.54, 1.807) is 17.0 Å². The van der Waals surface area contributed by atoms with Gasteiger partial charge in [0.1, 0.15) is 6.54 Å². The van der Waals surface area contributed by atoms with E-state index in [1.165, 1.54) is 38.1 Å². The smallest absolute Gasteiger partial charge is 0.242 e. The Labute approximate surface area is 137 Å². The van der Waals surface area contributed by atoms with Crippen LogP contribution in [0.5, 0.6) is 0 Å². The van der Waals surface area contributed by atoms with Crippen LogP contribution < -0.4 is 5.43 Å². The second-order valence-corrected chi connectivity index (χ2v) is 6.91. The van der Waals surface area contributed by atoms with Crippen LogP contribution in [0, 0.1) is 5.92 Å². The Hall–Kier alpha value is -1.62. The molecule has 0 N–H and O–H groups in total. The number of rotatable bonds is 4. The summed E-state index contributed by atoms with van der Waals surface area (Å²) in [6.07, 6.45) is 8.24. The molecule has 1 aromatic rings. The lowest BCUT2D eigenvalue weighted by molar-refractivity contribution is -0.133. The maximum atomic E-state index is 12.4. The Morgan fingerprint density at radius 3 is 2.35 bits per heavy atom. The largest absolute Gasteiger partial charge is 0.345 e. The van der Waals surface area contributed by atoms with Gasteiger partial charge in [-0.2, -0.15) is 0 Å². The Morgan fingerprint density at radius 1 is 1.13 bits per heavy atom. The van der Waals surface area contributed by atoms with Gasteiger partial charge in [-0.15, -0.1) is 0 Å². The number of hydrogen-bond donors (Lipinski definition) is 0. The van der Waals surface area contributed by atoms with E-state index < -0.39 is 0 Å². The summed E-state index contributed by atoms with van der Waals surface area (Å²) >= 11 is 0. The molecule has 5 heteroatoms. The van der Waals surface area contributed by atoms with Crippen LogP contribution in [0.2, 0.25) is 0 Å². The Balaban J connectivity index is 1.49. The number of amides is 1. The lowest BCUT2D eigenvalue weighted by atomic mass is 9.89. The average Bonchev–Trinajstić information content (AvgIpc) is 3.11. The molecule has 2 aliphatic heterocycles. The third-order valence-electron chi connectivity index (χ3n) is 5.47. The van der Waals surface area contributed by atoms with Gasteiger partial charge < -0.3 is 14.4 Å². The van der Waals surface area contributed by atoms with Gasteiger partial charge in [-0.25, -0.2) is 0 Å². The zero-order valence-electron chi connectivity index (χ0n) is 14.0. The summed E-state index contributed by atoms with van der Waals surface area (Å²) in [5.74, 6) is 0.866. The second-order valence-electron chi connectivity index (χ2n) is 6.91. The van der Waals surface area contributed by atoms with E-state index in [1.807, 2.05) is 4.90 Å². The van der Waals surface area contributed by atoms with Crippen molar-refractivity contribution in [3.05, 3.63) is 34.7 Å². The molecular weight excluding hydrogens is 290 g/mol. The summed E-state index contributed by atoms with van der Waals surface area (Å²) in [6, 6.07) is 3.64. The van der Waals surface area contributed by atoms with Crippen molar-refractivity contribution in [2.45, 2.75) is 45.2 Å². The number of pyridine rings is 1. The first-order valence-corrected chi connectivity index (χ1v) is 8.81. The molecule has 0 bridgehead atoms. The fraction of sp³-hybridized carbons (Fsp3) is 0.667. The highest BCUT2D eigenvalue weighted by Crippen LogP contribution is 2.26. The quantitative estimate of drug-likeness (QED) is 0.847. The van der Waals surface area contributed by atoms with Gasteiger partial charge in [0.2, 0.25) is 5.91 Å². The van der Waals surface area contributed by atoms with E-state index in [4.69, 9.17) is 0 Å². The summed E-state index contributed by atoms with van der Waals surface area (Å²) in [7, 11) is 0. The lowest BCUT2D eigenvalue weighted by Gasteiger charge is -2.38. The molecule has 1 aromatic heterocycles. The second kappa shape index (κ2) is 7.30. The Morgan fingerprint density at radius 2 is 1.74 bits per heavy atom. The maximum absolute atomic E-state index is 12.4. The predicted octanol–water partition coefficient (Wildman–Crippen LogP) is 1.57. The molecule has 0 aromatic carbocycles. The molecule has 0 spiro atoms.